The van der Waals surface area contributed by atoms with Crippen LogP contribution in [-0.2, 0) is 5.41 Å². The first-order chi connectivity index (χ1) is 8.58. The van der Waals surface area contributed by atoms with Crippen molar-refractivity contribution < 1.29 is 0 Å². The van der Waals surface area contributed by atoms with Crippen molar-refractivity contribution in [2.75, 3.05) is 0 Å². The second-order valence-electron chi connectivity index (χ2n) is 4.98. The van der Waals surface area contributed by atoms with E-state index in [4.69, 9.17) is 16.9 Å². The maximum absolute atomic E-state index is 8.97. The number of hydrogen-bond donors (Lipinski definition) is 0. The van der Waals surface area contributed by atoms with Crippen LogP contribution in [0.25, 0.3) is 0 Å². The molecule has 1 aliphatic carbocycles. The van der Waals surface area contributed by atoms with Crippen LogP contribution in [0.3, 0.4) is 0 Å². The highest BCUT2D eigenvalue weighted by molar-refractivity contribution is 6.31. The smallest absolute Gasteiger partial charge is 0.0628 e. The number of rotatable bonds is 2. The molecule has 1 aromatic carbocycles. The summed E-state index contributed by atoms with van der Waals surface area (Å²) in [5.74, 6) is 0.174. The van der Waals surface area contributed by atoms with Gasteiger partial charge in [-0.2, -0.15) is 5.26 Å². The molecule has 0 radical (unpaired) electrons. The Bertz CT molecular complexity index is 551. The molecule has 0 bridgehead atoms. The third-order valence-corrected chi connectivity index (χ3v) is 4.00. The Morgan fingerprint density at radius 3 is 2.83 bits per heavy atom. The maximum atomic E-state index is 8.97. The predicted octanol–water partition coefficient (Wildman–Crippen LogP) is 4.56. The minimum absolute atomic E-state index is 0.174. The van der Waals surface area contributed by atoms with Crippen LogP contribution in [0.1, 0.15) is 24.5 Å². The van der Waals surface area contributed by atoms with Gasteiger partial charge < -0.3 is 0 Å². The molecule has 0 aromatic heterocycles. The Morgan fingerprint density at radius 2 is 2.17 bits per heavy atom. The van der Waals surface area contributed by atoms with Gasteiger partial charge in [-0.25, -0.2) is 0 Å². The van der Waals surface area contributed by atoms with Crippen LogP contribution in [0, 0.1) is 24.2 Å². The molecule has 0 aliphatic heterocycles. The molecule has 0 spiro atoms. The molecule has 0 heterocycles. The molecule has 1 nitrogen and oxygen atoms in total. The second kappa shape index (κ2) is 5.00. The fraction of sp³-hybridized carbons (Fsp3) is 0.312. The third kappa shape index (κ3) is 2.21. The number of nitriles is 1. The molecule has 0 saturated carbocycles. The normalized spacial score (nSPS) is 26.0. The summed E-state index contributed by atoms with van der Waals surface area (Å²) in [5.41, 5.74) is 2.05. The van der Waals surface area contributed by atoms with Crippen molar-refractivity contribution in [3.05, 3.63) is 58.7 Å². The summed E-state index contributed by atoms with van der Waals surface area (Å²) < 4.78 is 0. The fourth-order valence-electron chi connectivity index (χ4n) is 2.50. The zero-order valence-electron chi connectivity index (χ0n) is 10.7. The summed E-state index contributed by atoms with van der Waals surface area (Å²) in [7, 11) is 0. The van der Waals surface area contributed by atoms with Gasteiger partial charge in [-0.05, 0) is 24.1 Å². The lowest BCUT2D eigenvalue weighted by molar-refractivity contribution is 0.432. The zero-order valence-corrected chi connectivity index (χ0v) is 11.4. The first-order valence-electron chi connectivity index (χ1n) is 6.07. The number of aryl methyl sites for hydroxylation is 1. The average Bonchev–Trinajstić information content (AvgIpc) is 2.32. The minimum atomic E-state index is -0.199. The summed E-state index contributed by atoms with van der Waals surface area (Å²) in [5, 5.41) is 9.75. The van der Waals surface area contributed by atoms with Crippen molar-refractivity contribution >= 4 is 11.6 Å². The third-order valence-electron chi connectivity index (χ3n) is 3.68. The average molecular weight is 258 g/mol. The van der Waals surface area contributed by atoms with Crippen LogP contribution >= 0.6 is 11.6 Å². The molecule has 2 heteroatoms. The molecule has 1 aliphatic rings. The highest BCUT2D eigenvalue weighted by atomic mass is 35.5. The largest absolute Gasteiger partial charge is 0.198 e. The molecule has 2 atom stereocenters. The topological polar surface area (TPSA) is 23.8 Å². The van der Waals surface area contributed by atoms with Gasteiger partial charge >= 0.3 is 0 Å². The van der Waals surface area contributed by atoms with Crippen molar-refractivity contribution in [3.8, 4) is 6.07 Å². The Kier molecular flexibility index (Phi) is 3.59. The van der Waals surface area contributed by atoms with Crippen LogP contribution in [0.15, 0.2) is 42.5 Å². The highest BCUT2D eigenvalue weighted by Crippen LogP contribution is 2.41. The van der Waals surface area contributed by atoms with Gasteiger partial charge in [0.05, 0.1) is 6.07 Å². The van der Waals surface area contributed by atoms with Gasteiger partial charge in [0.25, 0.3) is 0 Å². The Balaban J connectivity index is 2.49. The van der Waals surface area contributed by atoms with Gasteiger partial charge in [0.15, 0.2) is 0 Å². The SMILES string of the molecule is Cc1ccc(C2(C)C=CC=CC2CC#N)c(Cl)c1. The zero-order chi connectivity index (χ0) is 13.2. The lowest BCUT2D eigenvalue weighted by Gasteiger charge is -2.35. The molecular weight excluding hydrogens is 242 g/mol. The molecule has 2 rings (SSSR count). The first-order valence-corrected chi connectivity index (χ1v) is 6.45. The van der Waals surface area contributed by atoms with Crippen LogP contribution in [0.5, 0.6) is 0 Å². The maximum Gasteiger partial charge on any atom is 0.0628 e. The predicted molar refractivity (Wildman–Crippen MR) is 75.5 cm³/mol. The van der Waals surface area contributed by atoms with E-state index in [0.29, 0.717) is 6.42 Å². The highest BCUT2D eigenvalue weighted by Gasteiger charge is 2.34. The summed E-state index contributed by atoms with van der Waals surface area (Å²) in [6.07, 6.45) is 8.78. The molecule has 92 valence electrons. The second-order valence-corrected chi connectivity index (χ2v) is 5.39. The number of hydrogen-bond acceptors (Lipinski definition) is 1. The van der Waals surface area contributed by atoms with Crippen molar-refractivity contribution in [3.63, 3.8) is 0 Å². The molecule has 1 aromatic rings. The van der Waals surface area contributed by atoms with Gasteiger partial charge in [-0.15, -0.1) is 0 Å². The van der Waals surface area contributed by atoms with E-state index >= 15 is 0 Å². The van der Waals surface area contributed by atoms with Crippen molar-refractivity contribution in [1.82, 2.24) is 0 Å². The lowest BCUT2D eigenvalue weighted by atomic mass is 9.68. The fourth-order valence-corrected chi connectivity index (χ4v) is 2.94. The number of halogens is 1. The Hall–Kier alpha value is -1.52. The Morgan fingerprint density at radius 1 is 1.39 bits per heavy atom. The van der Waals surface area contributed by atoms with Crippen LogP contribution < -0.4 is 0 Å². The van der Waals surface area contributed by atoms with E-state index in [0.717, 1.165) is 16.1 Å². The Labute approximate surface area is 113 Å². The van der Waals surface area contributed by atoms with E-state index in [2.05, 4.69) is 37.3 Å². The standard InChI is InChI=1S/C16H16ClN/c1-12-6-7-14(15(17)11-12)16(2)9-4-3-5-13(16)8-10-18/h3-7,9,11,13H,8H2,1-2H3. The van der Waals surface area contributed by atoms with Crippen molar-refractivity contribution in [1.29, 1.82) is 5.26 Å². The number of allylic oxidation sites excluding steroid dienone is 4. The molecular formula is C16H16ClN. The number of benzene rings is 1. The number of nitrogens with zero attached hydrogens (tertiary/aromatic N) is 1. The van der Waals surface area contributed by atoms with E-state index in [1.807, 2.05) is 25.1 Å². The van der Waals surface area contributed by atoms with Crippen LogP contribution in [0.4, 0.5) is 0 Å². The van der Waals surface area contributed by atoms with Gasteiger partial charge in [-0.1, -0.05) is 55.0 Å². The van der Waals surface area contributed by atoms with E-state index in [9.17, 15) is 0 Å². The first kappa shape index (κ1) is 12.9. The van der Waals surface area contributed by atoms with E-state index in [1.165, 1.54) is 0 Å². The van der Waals surface area contributed by atoms with Gasteiger partial charge in [0.2, 0.25) is 0 Å². The van der Waals surface area contributed by atoms with E-state index in [-0.39, 0.29) is 11.3 Å². The van der Waals surface area contributed by atoms with Gasteiger partial charge in [0.1, 0.15) is 0 Å². The quantitative estimate of drug-likeness (QED) is 0.762. The van der Waals surface area contributed by atoms with Crippen molar-refractivity contribution in [2.24, 2.45) is 5.92 Å². The van der Waals surface area contributed by atoms with Crippen LogP contribution in [-0.4, -0.2) is 0 Å². The molecule has 0 saturated heterocycles. The summed E-state index contributed by atoms with van der Waals surface area (Å²) >= 11 is 6.38. The molecule has 0 amide bonds. The molecule has 0 fully saturated rings. The summed E-state index contributed by atoms with van der Waals surface area (Å²) in [6, 6.07) is 8.40. The summed E-state index contributed by atoms with van der Waals surface area (Å²) in [6.45, 7) is 4.17. The van der Waals surface area contributed by atoms with E-state index < -0.39 is 0 Å². The summed E-state index contributed by atoms with van der Waals surface area (Å²) in [4.78, 5) is 0. The lowest BCUT2D eigenvalue weighted by Crippen LogP contribution is -2.30. The monoisotopic (exact) mass is 257 g/mol. The molecule has 18 heavy (non-hydrogen) atoms. The van der Waals surface area contributed by atoms with Gasteiger partial charge in [-0.3, -0.25) is 0 Å². The van der Waals surface area contributed by atoms with Gasteiger partial charge in [0, 0.05) is 22.8 Å². The van der Waals surface area contributed by atoms with Crippen molar-refractivity contribution in [2.45, 2.75) is 25.7 Å². The molecule has 2 unspecified atom stereocenters. The van der Waals surface area contributed by atoms with E-state index in [1.54, 1.807) is 0 Å². The molecule has 0 N–H and O–H groups in total. The minimum Gasteiger partial charge on any atom is -0.198 e. The van der Waals surface area contributed by atoms with Crippen LogP contribution in [0.2, 0.25) is 5.02 Å².